The van der Waals surface area contributed by atoms with Crippen molar-refractivity contribution in [3.63, 3.8) is 0 Å². The number of nitrogens with one attached hydrogen (secondary N) is 1. The molecule has 172 valence electrons. The molecule has 0 bridgehead atoms. The Balaban J connectivity index is 1.29. The van der Waals surface area contributed by atoms with Crippen LogP contribution in [-0.4, -0.2) is 57.1 Å². The highest BCUT2D eigenvalue weighted by Crippen LogP contribution is 2.29. The molecule has 8 nitrogen and oxygen atoms in total. The van der Waals surface area contributed by atoms with E-state index in [2.05, 4.69) is 43.1 Å². The Labute approximate surface area is 194 Å². The molecule has 2 fully saturated rings. The molecule has 8 heteroatoms. The Hall–Kier alpha value is -3.26. The van der Waals surface area contributed by atoms with Crippen LogP contribution in [-0.2, 0) is 0 Å². The van der Waals surface area contributed by atoms with Gasteiger partial charge in [0, 0.05) is 56.2 Å². The van der Waals surface area contributed by atoms with Crippen LogP contribution < -0.4 is 15.8 Å². The third-order valence-electron chi connectivity index (χ3n) is 6.78. The molecule has 0 amide bonds. The van der Waals surface area contributed by atoms with Crippen molar-refractivity contribution in [2.75, 3.05) is 42.9 Å². The smallest absolute Gasteiger partial charge is 0.250 e. The van der Waals surface area contributed by atoms with E-state index in [-0.39, 0.29) is 5.56 Å². The van der Waals surface area contributed by atoms with Gasteiger partial charge in [-0.15, -0.1) is 0 Å². The van der Waals surface area contributed by atoms with E-state index >= 15 is 0 Å². The Morgan fingerprint density at radius 1 is 1.00 bits per heavy atom. The number of rotatable bonds is 6. The van der Waals surface area contributed by atoms with Gasteiger partial charge in [-0.1, -0.05) is 19.8 Å². The normalized spacial score (nSPS) is 17.4. The highest BCUT2D eigenvalue weighted by atomic mass is 16.1. The maximum absolute atomic E-state index is 12.4. The molecule has 33 heavy (non-hydrogen) atoms. The molecule has 4 heterocycles. The highest BCUT2D eigenvalue weighted by Gasteiger charge is 2.19. The van der Waals surface area contributed by atoms with Crippen LogP contribution in [0.2, 0.25) is 0 Å². The molecule has 0 atom stereocenters. The quantitative estimate of drug-likeness (QED) is 0.620. The third-order valence-corrected chi connectivity index (χ3v) is 6.78. The predicted molar refractivity (Wildman–Crippen MR) is 131 cm³/mol. The number of piperazine rings is 1. The first-order chi connectivity index (χ1) is 16.2. The van der Waals surface area contributed by atoms with Crippen LogP contribution in [0, 0.1) is 0 Å². The average Bonchev–Trinajstić information content (AvgIpc) is 3.40. The monoisotopic (exact) mass is 445 g/mol. The summed E-state index contributed by atoms with van der Waals surface area (Å²) in [7, 11) is 0. The molecule has 1 N–H and O–H groups in total. The zero-order valence-electron chi connectivity index (χ0n) is 19.2. The summed E-state index contributed by atoms with van der Waals surface area (Å²) in [5.74, 6) is 1.20. The van der Waals surface area contributed by atoms with Gasteiger partial charge in [-0.3, -0.25) is 4.79 Å². The van der Waals surface area contributed by atoms with Gasteiger partial charge in [-0.25, -0.2) is 15.0 Å². The molecule has 3 aromatic rings. The van der Waals surface area contributed by atoms with Crippen molar-refractivity contribution in [3.05, 3.63) is 59.3 Å². The molecular formula is C25H31N7O. The van der Waals surface area contributed by atoms with Gasteiger partial charge in [0.25, 0.3) is 5.56 Å². The van der Waals surface area contributed by atoms with E-state index in [4.69, 9.17) is 0 Å². The van der Waals surface area contributed by atoms with E-state index in [0.29, 0.717) is 17.8 Å². The van der Waals surface area contributed by atoms with E-state index in [0.717, 1.165) is 62.5 Å². The highest BCUT2D eigenvalue weighted by molar-refractivity contribution is 5.61. The summed E-state index contributed by atoms with van der Waals surface area (Å²) >= 11 is 0. The molecule has 1 saturated heterocycles. The Morgan fingerprint density at radius 3 is 2.55 bits per heavy atom. The number of aromatic nitrogens is 4. The zero-order valence-corrected chi connectivity index (χ0v) is 19.2. The summed E-state index contributed by atoms with van der Waals surface area (Å²) in [6.45, 7) is 7.54. The predicted octanol–water partition coefficient (Wildman–Crippen LogP) is 3.70. The standard InChI is InChI=1S/C25H31N7O/c1-2-30-13-15-31(16-14-30)21-8-9-23(27-17-21)29-25-26-12-11-22(28-25)19-7-10-24(33)32(18-19)20-5-3-4-6-20/h7-12,17-18,20H,2-6,13-16H2,1H3,(H,26,27,28,29). The SMILES string of the molecule is CCN1CCN(c2ccc(Nc3nccc(-c4ccc(=O)n(C5CCCC5)c4)n3)nc2)CC1. The molecule has 0 radical (unpaired) electrons. The van der Waals surface area contributed by atoms with Crippen LogP contribution in [0.25, 0.3) is 11.3 Å². The molecule has 2 aliphatic rings. The first-order valence-corrected chi connectivity index (χ1v) is 12.0. The van der Waals surface area contributed by atoms with Crippen molar-refractivity contribution >= 4 is 17.5 Å². The lowest BCUT2D eigenvalue weighted by molar-refractivity contribution is 0.271. The second kappa shape index (κ2) is 9.70. The van der Waals surface area contributed by atoms with Crippen LogP contribution in [0.3, 0.4) is 0 Å². The molecule has 0 spiro atoms. The van der Waals surface area contributed by atoms with Crippen molar-refractivity contribution in [3.8, 4) is 11.3 Å². The summed E-state index contributed by atoms with van der Waals surface area (Å²) < 4.78 is 1.87. The summed E-state index contributed by atoms with van der Waals surface area (Å²) in [5, 5.41) is 3.21. The van der Waals surface area contributed by atoms with Crippen molar-refractivity contribution in [1.82, 2.24) is 24.4 Å². The molecule has 5 rings (SSSR count). The van der Waals surface area contributed by atoms with Gasteiger partial charge in [-0.05, 0) is 43.7 Å². The number of nitrogens with zero attached hydrogens (tertiary/aromatic N) is 6. The van der Waals surface area contributed by atoms with Gasteiger partial charge >= 0.3 is 0 Å². The fourth-order valence-corrected chi connectivity index (χ4v) is 4.79. The maximum Gasteiger partial charge on any atom is 0.250 e. The fraction of sp³-hybridized carbons (Fsp3) is 0.440. The zero-order chi connectivity index (χ0) is 22.6. The van der Waals surface area contributed by atoms with Crippen molar-refractivity contribution < 1.29 is 0 Å². The van der Waals surface area contributed by atoms with Crippen molar-refractivity contribution in [2.24, 2.45) is 0 Å². The molecule has 1 aliphatic heterocycles. The Morgan fingerprint density at radius 2 is 1.82 bits per heavy atom. The number of pyridine rings is 2. The van der Waals surface area contributed by atoms with Gasteiger partial charge in [0.05, 0.1) is 17.6 Å². The summed E-state index contributed by atoms with van der Waals surface area (Å²) in [4.78, 5) is 30.8. The van der Waals surface area contributed by atoms with Crippen LogP contribution in [0.15, 0.2) is 53.7 Å². The average molecular weight is 446 g/mol. The number of hydrogen-bond acceptors (Lipinski definition) is 7. The number of likely N-dealkylation sites (N-methyl/N-ethyl adjacent to an activating group) is 1. The van der Waals surface area contributed by atoms with E-state index < -0.39 is 0 Å². The van der Waals surface area contributed by atoms with Gasteiger partial charge in [-0.2, -0.15) is 0 Å². The molecule has 1 aliphatic carbocycles. The van der Waals surface area contributed by atoms with E-state index in [1.165, 1.54) is 12.8 Å². The minimum Gasteiger partial charge on any atom is -0.368 e. The Kier molecular flexibility index (Phi) is 6.35. The van der Waals surface area contributed by atoms with Crippen LogP contribution in [0.4, 0.5) is 17.5 Å². The van der Waals surface area contributed by atoms with E-state index in [1.54, 1.807) is 12.3 Å². The van der Waals surface area contributed by atoms with Gasteiger partial charge in [0.2, 0.25) is 5.95 Å². The number of hydrogen-bond donors (Lipinski definition) is 1. The first kappa shape index (κ1) is 21.6. The van der Waals surface area contributed by atoms with Gasteiger partial charge in [0.1, 0.15) is 5.82 Å². The van der Waals surface area contributed by atoms with Crippen molar-refractivity contribution in [2.45, 2.75) is 38.6 Å². The van der Waals surface area contributed by atoms with Crippen LogP contribution >= 0.6 is 0 Å². The maximum atomic E-state index is 12.4. The molecule has 0 aromatic carbocycles. The largest absolute Gasteiger partial charge is 0.368 e. The summed E-state index contributed by atoms with van der Waals surface area (Å²) in [6, 6.07) is 9.71. The second-order valence-electron chi connectivity index (χ2n) is 8.81. The topological polar surface area (TPSA) is 79.2 Å². The minimum absolute atomic E-state index is 0.0541. The van der Waals surface area contributed by atoms with Crippen LogP contribution in [0.5, 0.6) is 0 Å². The lowest BCUT2D eigenvalue weighted by Gasteiger charge is -2.35. The third kappa shape index (κ3) is 4.90. The number of anilines is 3. The molecule has 1 saturated carbocycles. The first-order valence-electron chi connectivity index (χ1n) is 12.0. The fourth-order valence-electron chi connectivity index (χ4n) is 4.79. The molecule has 0 unspecified atom stereocenters. The van der Waals surface area contributed by atoms with Gasteiger partial charge in [0.15, 0.2) is 0 Å². The lowest BCUT2D eigenvalue weighted by atomic mass is 10.1. The Bertz CT molecular complexity index is 1130. The van der Waals surface area contributed by atoms with E-state index in [9.17, 15) is 4.79 Å². The van der Waals surface area contributed by atoms with Gasteiger partial charge < -0.3 is 19.7 Å². The van der Waals surface area contributed by atoms with Crippen molar-refractivity contribution in [1.29, 1.82) is 0 Å². The lowest BCUT2D eigenvalue weighted by Crippen LogP contribution is -2.46. The molecular weight excluding hydrogens is 414 g/mol. The van der Waals surface area contributed by atoms with E-state index in [1.807, 2.05) is 35.2 Å². The summed E-state index contributed by atoms with van der Waals surface area (Å²) in [5.41, 5.74) is 2.89. The minimum atomic E-state index is 0.0541. The van der Waals surface area contributed by atoms with Crippen LogP contribution in [0.1, 0.15) is 38.6 Å². The second-order valence-corrected chi connectivity index (χ2v) is 8.81. The summed E-state index contributed by atoms with van der Waals surface area (Å²) in [6.07, 6.45) is 10.1. The molecule has 3 aromatic heterocycles.